The number of hydrogen-bond acceptors (Lipinski definition) is 4. The predicted octanol–water partition coefficient (Wildman–Crippen LogP) is 4.16. The summed E-state index contributed by atoms with van der Waals surface area (Å²) < 4.78 is 2.09. The zero-order chi connectivity index (χ0) is 18.6. The van der Waals surface area contributed by atoms with Crippen LogP contribution in [0.4, 0.5) is 5.13 Å². The van der Waals surface area contributed by atoms with Crippen molar-refractivity contribution in [3.8, 4) is 17.1 Å². The summed E-state index contributed by atoms with van der Waals surface area (Å²) in [7, 11) is 1.75. The molecule has 2 N–H and O–H groups in total. The smallest absolute Gasteiger partial charge is 0.197 e. The maximum Gasteiger partial charge on any atom is 0.197 e. The fraction of sp³-hybridized carbons (Fsp3) is 0.150. The largest absolute Gasteiger partial charge is 0.356 e. The van der Waals surface area contributed by atoms with E-state index in [1.54, 1.807) is 24.6 Å². The Labute approximate surface area is 161 Å². The Bertz CT molecular complexity index is 1080. The van der Waals surface area contributed by atoms with Crippen LogP contribution in [-0.4, -0.2) is 34.1 Å². The average molecular weight is 376 g/mol. The summed E-state index contributed by atoms with van der Waals surface area (Å²) in [5, 5.41) is 10.4. The molecule has 0 bridgehead atoms. The molecule has 1 aromatic carbocycles. The number of pyridine rings is 1. The molecule has 4 aromatic rings. The summed E-state index contributed by atoms with van der Waals surface area (Å²) in [6.45, 7) is 2.84. The van der Waals surface area contributed by atoms with Gasteiger partial charge in [-0.05, 0) is 31.2 Å². The van der Waals surface area contributed by atoms with Gasteiger partial charge in [-0.3, -0.25) is 4.99 Å². The minimum atomic E-state index is 0.720. The number of nitrogens with one attached hydrogen (secondary N) is 2. The average Bonchev–Trinajstić information content (AvgIpc) is 3.35. The van der Waals surface area contributed by atoms with Crippen LogP contribution in [0.5, 0.6) is 0 Å². The molecule has 3 heterocycles. The lowest BCUT2D eigenvalue weighted by molar-refractivity contribution is 0.957. The number of aliphatic imine (C=N–C) groups is 1. The van der Waals surface area contributed by atoms with E-state index in [4.69, 9.17) is 4.98 Å². The molecule has 0 unspecified atom stereocenters. The number of hydrogen-bond donors (Lipinski definition) is 2. The molecule has 136 valence electrons. The van der Waals surface area contributed by atoms with Gasteiger partial charge in [0.2, 0.25) is 0 Å². The normalized spacial score (nSPS) is 11.7. The van der Waals surface area contributed by atoms with E-state index in [0.717, 1.165) is 45.6 Å². The van der Waals surface area contributed by atoms with Gasteiger partial charge in [0.15, 0.2) is 11.1 Å². The highest BCUT2D eigenvalue weighted by Crippen LogP contribution is 2.32. The van der Waals surface area contributed by atoms with Crippen LogP contribution < -0.4 is 10.6 Å². The Kier molecular flexibility index (Phi) is 4.84. The molecule has 27 heavy (non-hydrogen) atoms. The molecule has 6 nitrogen and oxygen atoms in total. The fourth-order valence-corrected chi connectivity index (χ4v) is 3.70. The Morgan fingerprint density at radius 2 is 2.11 bits per heavy atom. The second-order valence-corrected chi connectivity index (χ2v) is 6.74. The molecule has 3 aromatic heterocycles. The minimum absolute atomic E-state index is 0.720. The van der Waals surface area contributed by atoms with Crippen molar-refractivity contribution in [1.82, 2.24) is 19.9 Å². The van der Waals surface area contributed by atoms with E-state index in [-0.39, 0.29) is 0 Å². The number of guanidine groups is 1. The van der Waals surface area contributed by atoms with Crippen LogP contribution in [0.3, 0.4) is 0 Å². The monoisotopic (exact) mass is 376 g/mol. The topological polar surface area (TPSA) is 67.1 Å². The molecule has 0 fully saturated rings. The fourth-order valence-electron chi connectivity index (χ4n) is 2.99. The third-order valence-corrected chi connectivity index (χ3v) is 4.96. The molecular weight excluding hydrogens is 356 g/mol. The highest BCUT2D eigenvalue weighted by atomic mass is 32.1. The van der Waals surface area contributed by atoms with Gasteiger partial charge in [-0.25, -0.2) is 9.97 Å². The molecule has 0 aliphatic heterocycles. The third-order valence-electron chi connectivity index (χ3n) is 4.20. The summed E-state index contributed by atoms with van der Waals surface area (Å²) in [5.41, 5.74) is 3.15. The zero-order valence-corrected chi connectivity index (χ0v) is 16.0. The Morgan fingerprint density at radius 3 is 2.89 bits per heavy atom. The van der Waals surface area contributed by atoms with Crippen LogP contribution in [-0.2, 0) is 0 Å². The quantitative estimate of drug-likeness (QED) is 0.415. The van der Waals surface area contributed by atoms with Crippen molar-refractivity contribution in [1.29, 1.82) is 0 Å². The van der Waals surface area contributed by atoms with Gasteiger partial charge in [0.25, 0.3) is 0 Å². The number of benzene rings is 1. The van der Waals surface area contributed by atoms with Gasteiger partial charge in [0.05, 0.1) is 11.2 Å². The molecule has 0 spiro atoms. The number of thiazole rings is 1. The molecule has 0 saturated heterocycles. The lowest BCUT2D eigenvalue weighted by atomic mass is 10.1. The Balaban J connectivity index is 1.70. The van der Waals surface area contributed by atoms with Crippen molar-refractivity contribution in [2.45, 2.75) is 6.92 Å². The second-order valence-electron chi connectivity index (χ2n) is 5.88. The van der Waals surface area contributed by atoms with Gasteiger partial charge < -0.3 is 15.2 Å². The van der Waals surface area contributed by atoms with Crippen molar-refractivity contribution in [3.05, 3.63) is 60.2 Å². The predicted molar refractivity (Wildman–Crippen MR) is 113 cm³/mol. The van der Waals surface area contributed by atoms with Gasteiger partial charge in [-0.2, -0.15) is 0 Å². The molecule has 7 heteroatoms. The van der Waals surface area contributed by atoms with Gasteiger partial charge in [-0.15, -0.1) is 11.3 Å². The molecule has 4 rings (SSSR count). The van der Waals surface area contributed by atoms with E-state index >= 15 is 0 Å². The first kappa shape index (κ1) is 17.2. The summed E-state index contributed by atoms with van der Waals surface area (Å²) in [6.07, 6.45) is 3.86. The van der Waals surface area contributed by atoms with Crippen molar-refractivity contribution in [3.63, 3.8) is 0 Å². The minimum Gasteiger partial charge on any atom is -0.356 e. The van der Waals surface area contributed by atoms with Crippen LogP contribution >= 0.6 is 11.3 Å². The molecular formula is C20H20N6S. The maximum absolute atomic E-state index is 4.74. The first-order chi connectivity index (χ1) is 13.3. The summed E-state index contributed by atoms with van der Waals surface area (Å²) in [6, 6.07) is 14.3. The molecule has 0 aliphatic rings. The summed E-state index contributed by atoms with van der Waals surface area (Å²) >= 11 is 1.56. The summed E-state index contributed by atoms with van der Waals surface area (Å²) in [4.78, 5) is 13.4. The molecule has 0 aliphatic carbocycles. The SMILES string of the molecule is CCNC(=NC)Nc1nc(-c2cccc3c2ccn3-c2ccccn2)cs1. The number of anilines is 1. The highest BCUT2D eigenvalue weighted by Gasteiger charge is 2.12. The number of aromatic nitrogens is 3. The zero-order valence-electron chi connectivity index (χ0n) is 15.2. The second kappa shape index (κ2) is 7.59. The number of nitrogens with zero attached hydrogens (tertiary/aromatic N) is 4. The summed E-state index contributed by atoms with van der Waals surface area (Å²) in [5.74, 6) is 1.62. The van der Waals surface area contributed by atoms with Gasteiger partial charge >= 0.3 is 0 Å². The number of rotatable bonds is 4. The molecule has 0 radical (unpaired) electrons. The van der Waals surface area contributed by atoms with Gasteiger partial charge in [-0.1, -0.05) is 18.2 Å². The van der Waals surface area contributed by atoms with Crippen LogP contribution in [0.15, 0.2) is 65.2 Å². The molecule has 0 saturated carbocycles. The van der Waals surface area contributed by atoms with E-state index in [1.807, 2.05) is 25.1 Å². The lowest BCUT2D eigenvalue weighted by Gasteiger charge is -2.07. The standard InChI is InChI=1S/C20H20N6S/c1-3-22-19(21-2)25-20-24-16(13-27-20)14-7-6-8-17-15(14)10-12-26(17)18-9-4-5-11-23-18/h4-13H,3H2,1-2H3,(H2,21,22,24,25). The van der Waals surface area contributed by atoms with Crippen LogP contribution in [0.25, 0.3) is 28.0 Å². The van der Waals surface area contributed by atoms with Gasteiger partial charge in [0, 0.05) is 42.3 Å². The van der Waals surface area contributed by atoms with Crippen LogP contribution in [0.1, 0.15) is 6.92 Å². The Hall–Kier alpha value is -3.19. The van der Waals surface area contributed by atoms with Crippen LogP contribution in [0.2, 0.25) is 0 Å². The first-order valence-electron chi connectivity index (χ1n) is 8.75. The molecule has 0 amide bonds. The molecule has 0 atom stereocenters. The number of fused-ring (bicyclic) bond motifs is 1. The van der Waals surface area contributed by atoms with Crippen LogP contribution in [0, 0.1) is 0 Å². The van der Waals surface area contributed by atoms with Crippen molar-refractivity contribution in [2.24, 2.45) is 4.99 Å². The highest BCUT2D eigenvalue weighted by molar-refractivity contribution is 7.14. The van der Waals surface area contributed by atoms with E-state index in [2.05, 4.69) is 61.0 Å². The van der Waals surface area contributed by atoms with Crippen molar-refractivity contribution >= 4 is 33.3 Å². The first-order valence-corrected chi connectivity index (χ1v) is 9.63. The van der Waals surface area contributed by atoms with E-state index in [9.17, 15) is 0 Å². The Morgan fingerprint density at radius 1 is 1.19 bits per heavy atom. The third kappa shape index (κ3) is 3.41. The lowest BCUT2D eigenvalue weighted by Crippen LogP contribution is -2.30. The van der Waals surface area contributed by atoms with E-state index in [1.165, 1.54) is 0 Å². The van der Waals surface area contributed by atoms with Gasteiger partial charge in [0.1, 0.15) is 5.82 Å². The van der Waals surface area contributed by atoms with E-state index in [0.29, 0.717) is 0 Å². The maximum atomic E-state index is 4.74. The van der Waals surface area contributed by atoms with E-state index < -0.39 is 0 Å². The van der Waals surface area contributed by atoms with Crippen molar-refractivity contribution in [2.75, 3.05) is 18.9 Å². The van der Waals surface area contributed by atoms with Crippen molar-refractivity contribution < 1.29 is 0 Å².